The number of aliphatic hydroxyl groups is 1. The molecule has 3 unspecified atom stereocenters. The second-order valence-corrected chi connectivity index (χ2v) is 15.3. The lowest BCUT2D eigenvalue weighted by Gasteiger charge is -2.22. The zero-order valence-electron chi connectivity index (χ0n) is 41.7. The van der Waals surface area contributed by atoms with Gasteiger partial charge in [0, 0.05) is 6.61 Å². The molecular weight excluding hydrogens is 849 g/mol. The first-order chi connectivity index (χ1) is 32.2. The zero-order chi connectivity index (χ0) is 47.0. The molecule has 0 saturated carbocycles. The van der Waals surface area contributed by atoms with Crippen LogP contribution in [0.25, 0.3) is 0 Å². The third-order valence-electron chi connectivity index (χ3n) is 9.71. The highest BCUT2D eigenvalue weighted by Crippen LogP contribution is 2.09. The van der Waals surface area contributed by atoms with E-state index in [0.717, 1.165) is 25.9 Å². The first kappa shape index (κ1) is 64.3. The van der Waals surface area contributed by atoms with Gasteiger partial charge in [-0.15, -0.1) is 0 Å². The van der Waals surface area contributed by atoms with Gasteiger partial charge in [0.1, 0.15) is 0 Å². The molecule has 392 valence electrons. The number of ether oxygens (including phenoxy) is 16. The van der Waals surface area contributed by atoms with Crippen molar-refractivity contribution in [1.29, 1.82) is 0 Å². The van der Waals surface area contributed by atoms with E-state index in [1.807, 2.05) is 6.92 Å². The van der Waals surface area contributed by atoms with Crippen LogP contribution in [0.1, 0.15) is 98.3 Å². The molecule has 0 rings (SSSR count). The van der Waals surface area contributed by atoms with Gasteiger partial charge in [-0.05, 0) is 25.7 Å². The van der Waals surface area contributed by atoms with Crippen molar-refractivity contribution in [2.45, 2.75) is 117 Å². The number of unbranched alkanes of at least 4 members (excludes halogenated alkanes) is 7. The molecule has 0 aromatic rings. The summed E-state index contributed by atoms with van der Waals surface area (Å²) in [4.78, 5) is 0. The Hall–Kier alpha value is -0.680. The van der Waals surface area contributed by atoms with Crippen LogP contribution in [-0.4, -0.2) is 222 Å². The molecule has 0 saturated heterocycles. The van der Waals surface area contributed by atoms with Gasteiger partial charge in [-0.1, -0.05) is 72.6 Å². The van der Waals surface area contributed by atoms with Gasteiger partial charge in [-0.25, -0.2) is 0 Å². The molecule has 65 heavy (non-hydrogen) atoms. The second kappa shape index (κ2) is 57.6. The largest absolute Gasteiger partial charge is 0.391 e. The molecule has 0 aromatic heterocycles. The fourth-order valence-corrected chi connectivity index (χ4v) is 5.59. The van der Waals surface area contributed by atoms with Crippen LogP contribution < -0.4 is 0 Å². The Bertz CT molecular complexity index is 852. The molecule has 0 amide bonds. The minimum Gasteiger partial charge on any atom is -0.391 e. The standard InChI is InChI=1S/C48H98O17/c1-5-9-10-11-12-13-14-15-16-50-17-18-51-19-20-52-21-22-53-23-24-54-25-26-55-27-28-56-29-30-57-31-32-58-33-34-59-35-36-60-37-38-61-39-40-62-41-42-63-44-47(7-3)65-45-48(8-4)64-43-46(49)6-2/h46-49H,5-45H2,1-4H3. The summed E-state index contributed by atoms with van der Waals surface area (Å²) in [5, 5.41) is 9.70. The fourth-order valence-electron chi connectivity index (χ4n) is 5.59. The summed E-state index contributed by atoms with van der Waals surface area (Å²) in [5.41, 5.74) is 0. The SMILES string of the molecule is CCCCCCCCCCOCCOCCOCCOCCOCCOCCOCCOCCOCCOCCOCCOCCOCCOCC(CC)OCC(CC)OCC(O)CC. The van der Waals surface area contributed by atoms with E-state index in [1.54, 1.807) is 0 Å². The van der Waals surface area contributed by atoms with E-state index >= 15 is 0 Å². The van der Waals surface area contributed by atoms with Gasteiger partial charge in [-0.3, -0.25) is 0 Å². The van der Waals surface area contributed by atoms with E-state index in [-0.39, 0.29) is 12.2 Å². The van der Waals surface area contributed by atoms with Gasteiger partial charge >= 0.3 is 0 Å². The maximum atomic E-state index is 9.70. The lowest BCUT2D eigenvalue weighted by molar-refractivity contribution is -0.0879. The Morgan fingerprint density at radius 2 is 0.492 bits per heavy atom. The number of hydrogen-bond acceptors (Lipinski definition) is 17. The van der Waals surface area contributed by atoms with Crippen LogP contribution in [-0.2, 0) is 75.8 Å². The fraction of sp³-hybridized carbons (Fsp3) is 1.00. The normalized spacial score (nSPS) is 13.2. The van der Waals surface area contributed by atoms with Crippen LogP contribution in [0, 0.1) is 0 Å². The summed E-state index contributed by atoms with van der Waals surface area (Å²) < 4.78 is 89.5. The zero-order valence-corrected chi connectivity index (χ0v) is 41.7. The first-order valence-electron chi connectivity index (χ1n) is 25.2. The number of aliphatic hydroxyl groups excluding tert-OH is 1. The minimum atomic E-state index is -0.428. The highest BCUT2D eigenvalue weighted by atomic mass is 16.6. The van der Waals surface area contributed by atoms with Crippen molar-refractivity contribution in [1.82, 2.24) is 0 Å². The van der Waals surface area contributed by atoms with E-state index < -0.39 is 6.10 Å². The van der Waals surface area contributed by atoms with Crippen molar-refractivity contribution in [2.24, 2.45) is 0 Å². The first-order valence-corrected chi connectivity index (χ1v) is 25.2. The second-order valence-electron chi connectivity index (χ2n) is 15.3. The van der Waals surface area contributed by atoms with Gasteiger partial charge in [0.2, 0.25) is 0 Å². The van der Waals surface area contributed by atoms with Crippen molar-refractivity contribution in [2.75, 3.05) is 198 Å². The maximum absolute atomic E-state index is 9.70. The number of rotatable bonds is 59. The smallest absolute Gasteiger partial charge is 0.0807 e. The monoisotopic (exact) mass is 947 g/mol. The Kier molecular flexibility index (Phi) is 57.0. The van der Waals surface area contributed by atoms with Crippen molar-refractivity contribution < 1.29 is 80.9 Å². The quantitative estimate of drug-likeness (QED) is 0.0735. The minimum absolute atomic E-state index is 0.00245. The molecule has 0 aromatic carbocycles. The summed E-state index contributed by atoms with van der Waals surface area (Å²) in [5.74, 6) is 0. The van der Waals surface area contributed by atoms with Crippen LogP contribution in [0.2, 0.25) is 0 Å². The molecule has 0 bridgehead atoms. The Balaban J connectivity index is 3.18. The summed E-state index contributed by atoms with van der Waals surface area (Å²) in [6.45, 7) is 23.9. The van der Waals surface area contributed by atoms with E-state index in [0.29, 0.717) is 198 Å². The van der Waals surface area contributed by atoms with Crippen LogP contribution in [0.5, 0.6) is 0 Å². The van der Waals surface area contributed by atoms with Crippen LogP contribution >= 0.6 is 0 Å². The molecule has 17 nitrogen and oxygen atoms in total. The topological polar surface area (TPSA) is 168 Å². The Morgan fingerprint density at radius 1 is 0.246 bits per heavy atom. The Morgan fingerprint density at radius 3 is 0.785 bits per heavy atom. The highest BCUT2D eigenvalue weighted by Gasteiger charge is 2.14. The molecule has 0 aliphatic heterocycles. The summed E-state index contributed by atoms with van der Waals surface area (Å²) in [6, 6.07) is 0. The molecule has 0 fully saturated rings. The van der Waals surface area contributed by atoms with E-state index in [2.05, 4.69) is 20.8 Å². The van der Waals surface area contributed by atoms with Crippen LogP contribution in [0.15, 0.2) is 0 Å². The van der Waals surface area contributed by atoms with Gasteiger partial charge in [0.05, 0.1) is 210 Å². The highest BCUT2D eigenvalue weighted by molar-refractivity contribution is 4.61. The van der Waals surface area contributed by atoms with Crippen molar-refractivity contribution in [3.05, 3.63) is 0 Å². The molecule has 17 heteroatoms. The van der Waals surface area contributed by atoms with E-state index in [1.165, 1.54) is 44.9 Å². The number of hydrogen-bond donors (Lipinski definition) is 1. The Labute approximate surface area is 395 Å². The summed E-state index contributed by atoms with van der Waals surface area (Å²) >= 11 is 0. The third-order valence-corrected chi connectivity index (χ3v) is 9.71. The van der Waals surface area contributed by atoms with Gasteiger partial charge < -0.3 is 80.9 Å². The summed E-state index contributed by atoms with van der Waals surface area (Å²) in [7, 11) is 0. The average Bonchev–Trinajstić information content (AvgIpc) is 3.32. The molecule has 0 aliphatic carbocycles. The van der Waals surface area contributed by atoms with E-state index in [9.17, 15) is 5.11 Å². The molecule has 0 heterocycles. The third kappa shape index (κ3) is 54.1. The molecule has 0 aliphatic rings. The maximum Gasteiger partial charge on any atom is 0.0807 e. The predicted molar refractivity (Wildman–Crippen MR) is 250 cm³/mol. The molecule has 0 spiro atoms. The van der Waals surface area contributed by atoms with Crippen molar-refractivity contribution in [3.63, 3.8) is 0 Å². The van der Waals surface area contributed by atoms with E-state index in [4.69, 9.17) is 75.8 Å². The van der Waals surface area contributed by atoms with Crippen LogP contribution in [0.4, 0.5) is 0 Å². The van der Waals surface area contributed by atoms with Crippen LogP contribution in [0.3, 0.4) is 0 Å². The lowest BCUT2D eigenvalue weighted by Crippen LogP contribution is -2.29. The molecular formula is C48H98O17. The van der Waals surface area contributed by atoms with Gasteiger partial charge in [0.15, 0.2) is 0 Å². The molecule has 1 N–H and O–H groups in total. The lowest BCUT2D eigenvalue weighted by atomic mass is 10.1. The molecule has 3 atom stereocenters. The van der Waals surface area contributed by atoms with Gasteiger partial charge in [-0.2, -0.15) is 0 Å². The average molecular weight is 947 g/mol. The summed E-state index contributed by atoms with van der Waals surface area (Å²) in [6.07, 6.45) is 12.4. The van der Waals surface area contributed by atoms with Crippen molar-refractivity contribution in [3.8, 4) is 0 Å². The van der Waals surface area contributed by atoms with Crippen molar-refractivity contribution >= 4 is 0 Å². The molecule has 0 radical (unpaired) electrons. The van der Waals surface area contributed by atoms with Gasteiger partial charge in [0.25, 0.3) is 0 Å². The predicted octanol–water partition coefficient (Wildman–Crippen LogP) is 5.72.